The van der Waals surface area contributed by atoms with E-state index in [1.807, 2.05) is 38.1 Å². The van der Waals surface area contributed by atoms with Crippen LogP contribution >= 0.6 is 11.8 Å². The molecule has 0 bridgehead atoms. The van der Waals surface area contributed by atoms with E-state index in [4.69, 9.17) is 5.73 Å². The van der Waals surface area contributed by atoms with E-state index in [1.165, 1.54) is 4.57 Å². The highest BCUT2D eigenvalue weighted by molar-refractivity contribution is 8.00. The number of hydrogen-bond acceptors (Lipinski definition) is 6. The average Bonchev–Trinajstić information content (AvgIpc) is 3.14. The Morgan fingerprint density at radius 3 is 2.58 bits per heavy atom. The van der Waals surface area contributed by atoms with Gasteiger partial charge in [0.2, 0.25) is 11.7 Å². The standard InChI is InChI=1S/C21H20N6O3S/c1-11-7-6-10-15(12(11)2)26-18(29)14-8-4-5-9-16(14)27-20(26)24-25-21(27)31-13(3)17(28)23-19(22)30/h4-10,13H,1-3H3,(H3,22,23,28,30). The monoisotopic (exact) mass is 436 g/mol. The van der Waals surface area contributed by atoms with Crippen LogP contribution in [0.1, 0.15) is 18.1 Å². The van der Waals surface area contributed by atoms with Gasteiger partial charge in [-0.2, -0.15) is 0 Å². The van der Waals surface area contributed by atoms with Gasteiger partial charge >= 0.3 is 6.03 Å². The second-order valence-electron chi connectivity index (χ2n) is 7.11. The van der Waals surface area contributed by atoms with Crippen LogP contribution in [0.15, 0.2) is 52.4 Å². The van der Waals surface area contributed by atoms with Crippen molar-refractivity contribution in [2.45, 2.75) is 31.2 Å². The summed E-state index contributed by atoms with van der Waals surface area (Å²) in [6.07, 6.45) is 0. The van der Waals surface area contributed by atoms with Crippen LogP contribution in [0.2, 0.25) is 0 Å². The Bertz CT molecular complexity index is 1410. The van der Waals surface area contributed by atoms with E-state index in [-0.39, 0.29) is 5.56 Å². The number of nitrogens with one attached hydrogen (secondary N) is 1. The number of carbonyl (C=O) groups excluding carboxylic acids is 2. The molecule has 1 unspecified atom stereocenters. The minimum absolute atomic E-state index is 0.208. The third-order valence-corrected chi connectivity index (χ3v) is 6.15. The zero-order chi connectivity index (χ0) is 22.3. The van der Waals surface area contributed by atoms with Gasteiger partial charge in [0.25, 0.3) is 5.56 Å². The fraction of sp³-hybridized carbons (Fsp3) is 0.190. The lowest BCUT2D eigenvalue weighted by Crippen LogP contribution is -2.39. The topological polar surface area (TPSA) is 124 Å². The maximum Gasteiger partial charge on any atom is 0.318 e. The molecule has 3 amide bonds. The number of hydrogen-bond donors (Lipinski definition) is 2. The number of thioether (sulfide) groups is 1. The molecule has 0 saturated heterocycles. The number of rotatable bonds is 4. The van der Waals surface area contributed by atoms with Gasteiger partial charge in [-0.05, 0) is 50.1 Å². The van der Waals surface area contributed by atoms with Crippen LogP contribution in [-0.2, 0) is 4.79 Å². The number of imide groups is 1. The number of primary amides is 1. The minimum Gasteiger partial charge on any atom is -0.351 e. The van der Waals surface area contributed by atoms with Crippen LogP contribution in [0.5, 0.6) is 0 Å². The van der Waals surface area contributed by atoms with Gasteiger partial charge in [-0.25, -0.2) is 9.36 Å². The fourth-order valence-corrected chi connectivity index (χ4v) is 4.24. The second kappa shape index (κ2) is 7.88. The van der Waals surface area contributed by atoms with Crippen molar-refractivity contribution in [1.29, 1.82) is 0 Å². The molecule has 2 heterocycles. The molecular formula is C21H20N6O3S. The second-order valence-corrected chi connectivity index (χ2v) is 8.42. The molecule has 31 heavy (non-hydrogen) atoms. The first kappa shape index (κ1) is 20.6. The van der Waals surface area contributed by atoms with Crippen molar-refractivity contribution in [3.63, 3.8) is 0 Å². The number of para-hydroxylation sites is 1. The number of fused-ring (bicyclic) bond motifs is 3. The van der Waals surface area contributed by atoms with Crippen molar-refractivity contribution < 1.29 is 9.59 Å². The van der Waals surface area contributed by atoms with E-state index in [1.54, 1.807) is 29.5 Å². The number of carbonyl (C=O) groups is 2. The molecule has 3 N–H and O–H groups in total. The van der Waals surface area contributed by atoms with Crippen LogP contribution < -0.4 is 16.6 Å². The van der Waals surface area contributed by atoms with E-state index in [9.17, 15) is 14.4 Å². The fourth-order valence-electron chi connectivity index (χ4n) is 3.38. The highest BCUT2D eigenvalue weighted by atomic mass is 32.2. The van der Waals surface area contributed by atoms with Gasteiger partial charge in [-0.15, -0.1) is 10.2 Å². The Morgan fingerprint density at radius 2 is 1.84 bits per heavy atom. The quantitative estimate of drug-likeness (QED) is 0.473. The summed E-state index contributed by atoms with van der Waals surface area (Å²) in [5.74, 6) is -0.205. The first-order valence-electron chi connectivity index (χ1n) is 9.52. The van der Waals surface area contributed by atoms with Crippen LogP contribution in [0.4, 0.5) is 4.79 Å². The number of nitrogens with zero attached hydrogens (tertiary/aromatic N) is 4. The Kier molecular flexibility index (Phi) is 5.24. The van der Waals surface area contributed by atoms with Crippen molar-refractivity contribution in [3.05, 3.63) is 63.9 Å². The number of aromatic nitrogens is 4. The third-order valence-electron chi connectivity index (χ3n) is 5.11. The molecule has 0 aliphatic heterocycles. The Hall–Kier alpha value is -3.66. The van der Waals surface area contributed by atoms with Gasteiger partial charge in [0.1, 0.15) is 0 Å². The van der Waals surface area contributed by atoms with Crippen molar-refractivity contribution in [3.8, 4) is 5.69 Å². The maximum absolute atomic E-state index is 13.4. The largest absolute Gasteiger partial charge is 0.351 e. The number of urea groups is 1. The Labute approximate surface area is 181 Å². The number of benzene rings is 2. The van der Waals surface area contributed by atoms with Crippen molar-refractivity contribution >= 4 is 40.4 Å². The Morgan fingerprint density at radius 1 is 1.10 bits per heavy atom. The SMILES string of the molecule is Cc1cccc(-n2c(=O)c3ccccc3n3c(SC(C)C(=O)NC(N)=O)nnc23)c1C. The van der Waals surface area contributed by atoms with E-state index in [0.29, 0.717) is 27.5 Å². The molecule has 0 fully saturated rings. The summed E-state index contributed by atoms with van der Waals surface area (Å²) in [5.41, 5.74) is 8.17. The van der Waals surface area contributed by atoms with Crippen LogP contribution in [0.25, 0.3) is 22.4 Å². The molecule has 0 radical (unpaired) electrons. The summed E-state index contributed by atoms with van der Waals surface area (Å²) in [7, 11) is 0. The van der Waals surface area contributed by atoms with Crippen LogP contribution in [-0.4, -0.2) is 36.4 Å². The van der Waals surface area contributed by atoms with Gasteiger partial charge in [0.15, 0.2) is 5.16 Å². The molecule has 158 valence electrons. The molecule has 0 aliphatic rings. The minimum atomic E-state index is -0.919. The van der Waals surface area contributed by atoms with Crippen molar-refractivity contribution in [2.75, 3.05) is 0 Å². The smallest absolute Gasteiger partial charge is 0.318 e. The molecule has 0 saturated carbocycles. The lowest BCUT2D eigenvalue weighted by Gasteiger charge is -2.15. The van der Waals surface area contributed by atoms with Crippen molar-refractivity contribution in [2.24, 2.45) is 5.73 Å². The molecule has 0 spiro atoms. The summed E-state index contributed by atoms with van der Waals surface area (Å²) in [6.45, 7) is 5.56. The molecular weight excluding hydrogens is 416 g/mol. The summed E-state index contributed by atoms with van der Waals surface area (Å²) < 4.78 is 3.28. The van der Waals surface area contributed by atoms with Gasteiger partial charge in [0.05, 0.1) is 21.8 Å². The number of nitrogens with two attached hydrogens (primary N) is 1. The predicted octanol–water partition coefficient (Wildman–Crippen LogP) is 2.33. The van der Waals surface area contributed by atoms with E-state index in [0.717, 1.165) is 22.9 Å². The van der Waals surface area contributed by atoms with Gasteiger partial charge in [-0.1, -0.05) is 36.0 Å². The molecule has 4 aromatic rings. The maximum atomic E-state index is 13.4. The zero-order valence-electron chi connectivity index (χ0n) is 17.1. The van der Waals surface area contributed by atoms with Gasteiger partial charge < -0.3 is 5.73 Å². The van der Waals surface area contributed by atoms with E-state index in [2.05, 4.69) is 15.5 Å². The first-order chi connectivity index (χ1) is 14.8. The Balaban J connectivity index is 1.98. The summed E-state index contributed by atoms with van der Waals surface area (Å²) in [6, 6.07) is 12.0. The highest BCUT2D eigenvalue weighted by Gasteiger charge is 2.23. The molecule has 10 heteroatoms. The summed E-state index contributed by atoms with van der Waals surface area (Å²) in [4.78, 5) is 36.6. The van der Waals surface area contributed by atoms with Crippen LogP contribution in [0, 0.1) is 13.8 Å². The number of amides is 3. The first-order valence-corrected chi connectivity index (χ1v) is 10.4. The molecule has 9 nitrogen and oxygen atoms in total. The lowest BCUT2D eigenvalue weighted by atomic mass is 10.1. The summed E-state index contributed by atoms with van der Waals surface area (Å²) in [5, 5.41) is 10.8. The van der Waals surface area contributed by atoms with Crippen molar-refractivity contribution in [1.82, 2.24) is 24.5 Å². The average molecular weight is 436 g/mol. The highest BCUT2D eigenvalue weighted by Crippen LogP contribution is 2.27. The van der Waals surface area contributed by atoms with E-state index < -0.39 is 17.2 Å². The van der Waals surface area contributed by atoms with Gasteiger partial charge in [0, 0.05) is 0 Å². The van der Waals surface area contributed by atoms with E-state index >= 15 is 0 Å². The number of aryl methyl sites for hydroxylation is 1. The molecule has 4 rings (SSSR count). The van der Waals surface area contributed by atoms with Crippen LogP contribution in [0.3, 0.4) is 0 Å². The third kappa shape index (κ3) is 3.55. The molecule has 1 atom stereocenters. The normalized spacial score (nSPS) is 12.2. The molecule has 2 aromatic carbocycles. The lowest BCUT2D eigenvalue weighted by molar-refractivity contribution is -0.119. The van der Waals surface area contributed by atoms with Gasteiger partial charge in [-0.3, -0.25) is 19.3 Å². The molecule has 2 aromatic heterocycles. The zero-order valence-corrected chi connectivity index (χ0v) is 17.9. The predicted molar refractivity (Wildman–Crippen MR) is 119 cm³/mol. The summed E-state index contributed by atoms with van der Waals surface area (Å²) >= 11 is 1.12. The molecule has 0 aliphatic carbocycles.